The predicted molar refractivity (Wildman–Crippen MR) is 82.3 cm³/mol. The standard InChI is InChI=1S/C14H16N4.ClH/c1-14(2,3)13-16-11-8-15-10-7-5-4-6-9(10)12(11)17-18-13;/h4-8,17H,1-3H3,(H,16,18);1H. The molecule has 3 rings (SSSR count). The first-order valence-corrected chi connectivity index (χ1v) is 6.05. The number of aromatic nitrogens is 1. The fraction of sp³-hybridized carbons (Fsp3) is 0.286. The van der Waals surface area contributed by atoms with E-state index >= 15 is 0 Å². The summed E-state index contributed by atoms with van der Waals surface area (Å²) in [6.07, 6.45) is 1.82. The molecular weight excluding hydrogens is 260 g/mol. The third-order valence-corrected chi connectivity index (χ3v) is 3.00. The Morgan fingerprint density at radius 1 is 1.05 bits per heavy atom. The quantitative estimate of drug-likeness (QED) is 0.772. The Kier molecular flexibility index (Phi) is 3.37. The van der Waals surface area contributed by atoms with Gasteiger partial charge in [-0.1, -0.05) is 39.0 Å². The van der Waals surface area contributed by atoms with Crippen LogP contribution in [0.2, 0.25) is 0 Å². The van der Waals surface area contributed by atoms with Gasteiger partial charge in [0.25, 0.3) is 0 Å². The third kappa shape index (κ3) is 2.36. The van der Waals surface area contributed by atoms with Crippen LogP contribution in [0.1, 0.15) is 20.8 Å². The van der Waals surface area contributed by atoms with Crippen molar-refractivity contribution in [2.75, 3.05) is 5.43 Å². The first kappa shape index (κ1) is 13.6. The van der Waals surface area contributed by atoms with Gasteiger partial charge in [0, 0.05) is 10.8 Å². The van der Waals surface area contributed by atoms with Gasteiger partial charge in [-0.2, -0.15) is 0 Å². The number of benzene rings is 1. The molecule has 1 aliphatic rings. The Labute approximate surface area is 118 Å². The molecule has 100 valence electrons. The van der Waals surface area contributed by atoms with Gasteiger partial charge in [0.15, 0.2) is 0 Å². The van der Waals surface area contributed by atoms with Crippen molar-refractivity contribution in [2.24, 2.45) is 10.4 Å². The molecule has 19 heavy (non-hydrogen) atoms. The number of hydrogen-bond donors (Lipinski definition) is 2. The number of fused-ring (bicyclic) bond motifs is 3. The van der Waals surface area contributed by atoms with Gasteiger partial charge in [0.2, 0.25) is 0 Å². The summed E-state index contributed by atoms with van der Waals surface area (Å²) in [5, 5.41) is 1.08. The topological polar surface area (TPSA) is 49.3 Å². The van der Waals surface area contributed by atoms with E-state index in [1.807, 2.05) is 30.5 Å². The number of hydrogen-bond acceptors (Lipinski definition) is 4. The summed E-state index contributed by atoms with van der Waals surface area (Å²) in [6, 6.07) is 8.05. The van der Waals surface area contributed by atoms with E-state index in [0.29, 0.717) is 0 Å². The highest BCUT2D eigenvalue weighted by atomic mass is 35.5. The molecule has 0 radical (unpaired) electrons. The van der Waals surface area contributed by atoms with E-state index < -0.39 is 0 Å². The zero-order valence-electron chi connectivity index (χ0n) is 11.2. The first-order chi connectivity index (χ1) is 8.55. The SMILES string of the molecule is CC(C)(C)C1=Nc2cnc3ccccc3c2NN1.Cl. The molecule has 0 bridgehead atoms. The molecule has 0 amide bonds. The number of aliphatic imine (C=N–C) groups is 1. The summed E-state index contributed by atoms with van der Waals surface area (Å²) in [7, 11) is 0. The average molecular weight is 277 g/mol. The Morgan fingerprint density at radius 2 is 1.79 bits per heavy atom. The highest BCUT2D eigenvalue weighted by molar-refractivity contribution is 6.02. The van der Waals surface area contributed by atoms with Crippen molar-refractivity contribution >= 4 is 40.5 Å². The molecule has 5 heteroatoms. The minimum atomic E-state index is -0.0175. The second-order valence-electron chi connectivity index (χ2n) is 5.50. The number of amidine groups is 1. The molecule has 0 atom stereocenters. The molecule has 2 N–H and O–H groups in total. The van der Waals surface area contributed by atoms with E-state index in [1.165, 1.54) is 0 Å². The maximum absolute atomic E-state index is 4.65. The van der Waals surface area contributed by atoms with Gasteiger partial charge in [-0.3, -0.25) is 15.8 Å². The molecule has 0 fully saturated rings. The van der Waals surface area contributed by atoms with E-state index in [-0.39, 0.29) is 17.8 Å². The normalized spacial score (nSPS) is 13.7. The lowest BCUT2D eigenvalue weighted by Crippen LogP contribution is -2.40. The molecule has 0 unspecified atom stereocenters. The van der Waals surface area contributed by atoms with Crippen LogP contribution in [0.5, 0.6) is 0 Å². The highest BCUT2D eigenvalue weighted by Gasteiger charge is 2.23. The summed E-state index contributed by atoms with van der Waals surface area (Å²) < 4.78 is 0. The van der Waals surface area contributed by atoms with Gasteiger partial charge in [-0.25, -0.2) is 4.99 Å². The molecule has 0 spiro atoms. The number of nitrogens with zero attached hydrogens (tertiary/aromatic N) is 2. The third-order valence-electron chi connectivity index (χ3n) is 3.00. The Bertz CT molecular complexity index is 643. The molecule has 0 aliphatic carbocycles. The Balaban J connectivity index is 0.00000133. The molecule has 2 heterocycles. The van der Waals surface area contributed by atoms with Gasteiger partial charge in [-0.05, 0) is 6.07 Å². The van der Waals surface area contributed by atoms with Gasteiger partial charge in [0.1, 0.15) is 11.5 Å². The van der Waals surface area contributed by atoms with Crippen LogP contribution in [0.25, 0.3) is 10.9 Å². The lowest BCUT2D eigenvalue weighted by molar-refractivity contribution is 0.570. The van der Waals surface area contributed by atoms with Crippen molar-refractivity contribution in [3.63, 3.8) is 0 Å². The summed E-state index contributed by atoms with van der Waals surface area (Å²) in [6.45, 7) is 6.37. The first-order valence-electron chi connectivity index (χ1n) is 6.05. The summed E-state index contributed by atoms with van der Waals surface area (Å²) in [5.41, 5.74) is 9.26. The minimum absolute atomic E-state index is 0. The number of halogens is 1. The van der Waals surface area contributed by atoms with Crippen molar-refractivity contribution < 1.29 is 0 Å². The van der Waals surface area contributed by atoms with Gasteiger partial charge < -0.3 is 0 Å². The van der Waals surface area contributed by atoms with Gasteiger partial charge >= 0.3 is 0 Å². The number of hydrazine groups is 1. The second kappa shape index (κ2) is 4.70. The molecule has 4 nitrogen and oxygen atoms in total. The monoisotopic (exact) mass is 276 g/mol. The van der Waals surface area contributed by atoms with E-state index in [0.717, 1.165) is 28.1 Å². The van der Waals surface area contributed by atoms with Crippen LogP contribution in [0.4, 0.5) is 11.4 Å². The number of rotatable bonds is 0. The van der Waals surface area contributed by atoms with E-state index in [9.17, 15) is 0 Å². The van der Waals surface area contributed by atoms with E-state index in [2.05, 4.69) is 41.6 Å². The lowest BCUT2D eigenvalue weighted by atomic mass is 9.95. The molecular formula is C14H17ClN4. The summed E-state index contributed by atoms with van der Waals surface area (Å²) in [4.78, 5) is 9.08. The van der Waals surface area contributed by atoms with Crippen LogP contribution in [-0.2, 0) is 0 Å². The lowest BCUT2D eigenvalue weighted by Gasteiger charge is -2.28. The fourth-order valence-electron chi connectivity index (χ4n) is 1.97. The predicted octanol–water partition coefficient (Wildman–Crippen LogP) is 3.66. The van der Waals surface area contributed by atoms with E-state index in [4.69, 9.17) is 0 Å². The molecule has 1 aliphatic heterocycles. The van der Waals surface area contributed by atoms with Crippen LogP contribution in [0, 0.1) is 5.41 Å². The summed E-state index contributed by atoms with van der Waals surface area (Å²) in [5.74, 6) is 0.923. The maximum Gasteiger partial charge on any atom is 0.126 e. The molecule has 1 aromatic heterocycles. The highest BCUT2D eigenvalue weighted by Crippen LogP contribution is 2.34. The largest absolute Gasteiger partial charge is 0.297 e. The number of pyridine rings is 1. The molecule has 1 aromatic carbocycles. The minimum Gasteiger partial charge on any atom is -0.297 e. The van der Waals surface area contributed by atoms with Crippen LogP contribution in [0.3, 0.4) is 0 Å². The van der Waals surface area contributed by atoms with Crippen LogP contribution < -0.4 is 10.9 Å². The van der Waals surface area contributed by atoms with Crippen LogP contribution in [-0.4, -0.2) is 10.8 Å². The molecule has 2 aromatic rings. The van der Waals surface area contributed by atoms with Crippen molar-refractivity contribution in [3.05, 3.63) is 30.5 Å². The fourth-order valence-corrected chi connectivity index (χ4v) is 1.97. The zero-order chi connectivity index (χ0) is 12.8. The summed E-state index contributed by atoms with van der Waals surface area (Å²) >= 11 is 0. The van der Waals surface area contributed by atoms with Crippen molar-refractivity contribution in [2.45, 2.75) is 20.8 Å². The van der Waals surface area contributed by atoms with E-state index in [1.54, 1.807) is 0 Å². The average Bonchev–Trinajstić information content (AvgIpc) is 2.37. The molecule has 0 saturated heterocycles. The van der Waals surface area contributed by atoms with Gasteiger partial charge in [-0.15, -0.1) is 12.4 Å². The van der Waals surface area contributed by atoms with Crippen molar-refractivity contribution in [3.8, 4) is 0 Å². The molecule has 0 saturated carbocycles. The van der Waals surface area contributed by atoms with Crippen molar-refractivity contribution in [1.29, 1.82) is 0 Å². The van der Waals surface area contributed by atoms with Gasteiger partial charge in [0.05, 0.1) is 17.4 Å². The van der Waals surface area contributed by atoms with Crippen LogP contribution >= 0.6 is 12.4 Å². The second-order valence-corrected chi connectivity index (χ2v) is 5.50. The Hall–Kier alpha value is -1.81. The maximum atomic E-state index is 4.65. The number of anilines is 1. The Morgan fingerprint density at radius 3 is 2.53 bits per heavy atom. The number of para-hydroxylation sites is 1. The number of nitrogens with one attached hydrogen (secondary N) is 2. The smallest absolute Gasteiger partial charge is 0.126 e. The van der Waals surface area contributed by atoms with Crippen LogP contribution in [0.15, 0.2) is 35.5 Å². The zero-order valence-corrected chi connectivity index (χ0v) is 12.0. The van der Waals surface area contributed by atoms with Crippen molar-refractivity contribution in [1.82, 2.24) is 10.4 Å².